The molecule has 0 aliphatic carbocycles. The van der Waals surface area contributed by atoms with Gasteiger partial charge in [0.1, 0.15) is 0 Å². The molecule has 0 aromatic heterocycles. The average Bonchev–Trinajstić information content (AvgIpc) is 2.36. The zero-order chi connectivity index (χ0) is 13.4. The fraction of sp³-hybridized carbons (Fsp3) is 0.929. The van der Waals surface area contributed by atoms with Crippen molar-refractivity contribution in [3.63, 3.8) is 0 Å². The van der Waals surface area contributed by atoms with Crippen molar-refractivity contribution in [3.8, 4) is 0 Å². The third-order valence-electron chi connectivity index (χ3n) is 3.66. The first-order chi connectivity index (χ1) is 8.63. The van der Waals surface area contributed by atoms with Gasteiger partial charge in [-0.1, -0.05) is 13.3 Å². The first kappa shape index (κ1) is 15.4. The molecule has 0 spiro atoms. The zero-order valence-electron chi connectivity index (χ0n) is 12.2. The molecule has 0 radical (unpaired) electrons. The van der Waals surface area contributed by atoms with Gasteiger partial charge in [-0.2, -0.15) is 0 Å². The van der Waals surface area contributed by atoms with Gasteiger partial charge in [-0.25, -0.2) is 0 Å². The highest BCUT2D eigenvalue weighted by Gasteiger charge is 2.19. The van der Waals surface area contributed by atoms with Crippen LogP contribution >= 0.6 is 0 Å². The summed E-state index contributed by atoms with van der Waals surface area (Å²) in [7, 11) is 2.17. The maximum Gasteiger partial charge on any atom is 0.236 e. The van der Waals surface area contributed by atoms with Crippen molar-refractivity contribution in [2.24, 2.45) is 5.92 Å². The van der Waals surface area contributed by atoms with E-state index < -0.39 is 0 Å². The average molecular weight is 255 g/mol. The molecule has 0 aromatic rings. The summed E-state index contributed by atoms with van der Waals surface area (Å²) < 4.78 is 0. The summed E-state index contributed by atoms with van der Waals surface area (Å²) in [6.07, 6.45) is 4.74. The van der Waals surface area contributed by atoms with Crippen molar-refractivity contribution >= 4 is 5.91 Å². The second-order valence-electron chi connectivity index (χ2n) is 5.55. The third kappa shape index (κ3) is 5.83. The number of carbonyl (C=O) groups excluding carboxylic acids is 1. The van der Waals surface area contributed by atoms with Gasteiger partial charge >= 0.3 is 0 Å². The largest absolute Gasteiger partial charge is 0.355 e. The van der Waals surface area contributed by atoms with Crippen LogP contribution in [0.15, 0.2) is 0 Å². The quantitative estimate of drug-likeness (QED) is 0.672. The molecule has 1 rings (SSSR count). The molecule has 106 valence electrons. The Kier molecular flexibility index (Phi) is 7.28. The van der Waals surface area contributed by atoms with E-state index in [1.807, 2.05) is 6.92 Å². The first-order valence-electron chi connectivity index (χ1n) is 7.33. The highest BCUT2D eigenvalue weighted by atomic mass is 16.2. The molecular formula is C14H29N3O. The van der Waals surface area contributed by atoms with Crippen molar-refractivity contribution in [2.45, 2.75) is 45.6 Å². The normalized spacial score (nSPS) is 22.7. The number of unbranched alkanes of at least 4 members (excludes halogenated alkanes) is 1. The van der Waals surface area contributed by atoms with Crippen molar-refractivity contribution in [2.75, 3.05) is 33.2 Å². The summed E-state index contributed by atoms with van der Waals surface area (Å²) in [6, 6.07) is -0.0749. The highest BCUT2D eigenvalue weighted by Crippen LogP contribution is 2.13. The molecule has 18 heavy (non-hydrogen) atoms. The third-order valence-corrected chi connectivity index (χ3v) is 3.66. The molecule has 2 N–H and O–H groups in total. The lowest BCUT2D eigenvalue weighted by Gasteiger charge is -2.30. The van der Waals surface area contributed by atoms with E-state index in [1.165, 1.54) is 19.4 Å². The molecule has 1 heterocycles. The van der Waals surface area contributed by atoms with Crippen LogP contribution in [0.1, 0.15) is 39.5 Å². The summed E-state index contributed by atoms with van der Waals surface area (Å²) in [5.41, 5.74) is 0. The van der Waals surface area contributed by atoms with Crippen LogP contribution in [0.5, 0.6) is 0 Å². The lowest BCUT2D eigenvalue weighted by atomic mass is 9.98. The van der Waals surface area contributed by atoms with Crippen molar-refractivity contribution in [3.05, 3.63) is 0 Å². The maximum absolute atomic E-state index is 11.8. The Labute approximate surface area is 111 Å². The molecule has 1 amide bonds. The number of hydrogen-bond donors (Lipinski definition) is 2. The van der Waals surface area contributed by atoms with Crippen LogP contribution in [0.2, 0.25) is 0 Å². The standard InChI is InChI=1S/C14H29N3O/c1-4-5-8-15-14(18)12(2)16-10-13-7-6-9-17(3)11-13/h12-13,16H,4-11H2,1-3H3,(H,15,18). The van der Waals surface area contributed by atoms with Gasteiger partial charge in [0.2, 0.25) is 5.91 Å². The van der Waals surface area contributed by atoms with Gasteiger partial charge in [0.25, 0.3) is 0 Å². The monoisotopic (exact) mass is 255 g/mol. The second kappa shape index (κ2) is 8.48. The van der Waals surface area contributed by atoms with E-state index in [0.29, 0.717) is 5.92 Å². The summed E-state index contributed by atoms with van der Waals surface area (Å²) in [5, 5.41) is 6.33. The van der Waals surface area contributed by atoms with Gasteiger partial charge < -0.3 is 15.5 Å². The zero-order valence-corrected chi connectivity index (χ0v) is 12.2. The Morgan fingerprint density at radius 2 is 2.28 bits per heavy atom. The number of rotatable bonds is 7. The Balaban J connectivity index is 2.15. The van der Waals surface area contributed by atoms with Gasteiger partial charge in [0.05, 0.1) is 6.04 Å². The Morgan fingerprint density at radius 1 is 1.50 bits per heavy atom. The van der Waals surface area contributed by atoms with E-state index >= 15 is 0 Å². The van der Waals surface area contributed by atoms with E-state index in [1.54, 1.807) is 0 Å². The van der Waals surface area contributed by atoms with E-state index in [4.69, 9.17) is 0 Å². The Bertz CT molecular complexity index is 245. The fourth-order valence-electron chi connectivity index (χ4n) is 2.42. The molecule has 0 aromatic carbocycles. The minimum Gasteiger partial charge on any atom is -0.355 e. The lowest BCUT2D eigenvalue weighted by molar-refractivity contribution is -0.122. The van der Waals surface area contributed by atoms with Gasteiger partial charge in [-0.3, -0.25) is 4.79 Å². The van der Waals surface area contributed by atoms with Crippen molar-refractivity contribution in [1.29, 1.82) is 0 Å². The van der Waals surface area contributed by atoms with Gasteiger partial charge in [0.15, 0.2) is 0 Å². The summed E-state index contributed by atoms with van der Waals surface area (Å²) >= 11 is 0. The van der Waals surface area contributed by atoms with E-state index in [2.05, 4.69) is 29.5 Å². The smallest absolute Gasteiger partial charge is 0.236 e. The molecule has 4 nitrogen and oxygen atoms in total. The molecule has 4 heteroatoms. The van der Waals surface area contributed by atoms with Crippen molar-refractivity contribution in [1.82, 2.24) is 15.5 Å². The van der Waals surface area contributed by atoms with Gasteiger partial charge in [0, 0.05) is 13.1 Å². The number of nitrogens with one attached hydrogen (secondary N) is 2. The number of amides is 1. The van der Waals surface area contributed by atoms with Crippen LogP contribution in [0.25, 0.3) is 0 Å². The van der Waals surface area contributed by atoms with E-state index in [9.17, 15) is 4.79 Å². The lowest BCUT2D eigenvalue weighted by Crippen LogP contribution is -2.46. The van der Waals surface area contributed by atoms with Crippen molar-refractivity contribution < 1.29 is 4.79 Å². The molecule has 1 saturated heterocycles. The molecular weight excluding hydrogens is 226 g/mol. The molecule has 2 atom stereocenters. The van der Waals surface area contributed by atoms with Gasteiger partial charge in [-0.15, -0.1) is 0 Å². The SMILES string of the molecule is CCCCNC(=O)C(C)NCC1CCCN(C)C1. The van der Waals surface area contributed by atoms with Crippen LogP contribution in [-0.4, -0.2) is 50.1 Å². The summed E-state index contributed by atoms with van der Waals surface area (Å²) in [4.78, 5) is 14.1. The minimum atomic E-state index is -0.0749. The molecule has 1 aliphatic rings. The predicted octanol–water partition coefficient (Wildman–Crippen LogP) is 1.22. The number of likely N-dealkylation sites (tertiary alicyclic amines) is 1. The number of piperidine rings is 1. The summed E-state index contributed by atoms with van der Waals surface area (Å²) in [5.74, 6) is 0.822. The minimum absolute atomic E-state index is 0.0749. The molecule has 1 fully saturated rings. The second-order valence-corrected chi connectivity index (χ2v) is 5.55. The van der Waals surface area contributed by atoms with E-state index in [-0.39, 0.29) is 11.9 Å². The number of nitrogens with zero attached hydrogens (tertiary/aromatic N) is 1. The molecule has 2 unspecified atom stereocenters. The van der Waals surface area contributed by atoms with Gasteiger partial charge in [-0.05, 0) is 52.2 Å². The number of carbonyl (C=O) groups is 1. The van der Waals surface area contributed by atoms with Crippen LogP contribution in [-0.2, 0) is 4.79 Å². The Morgan fingerprint density at radius 3 is 2.94 bits per heavy atom. The van der Waals surface area contributed by atoms with Crippen LogP contribution in [0, 0.1) is 5.92 Å². The number of hydrogen-bond acceptors (Lipinski definition) is 3. The predicted molar refractivity (Wildman–Crippen MR) is 75.6 cm³/mol. The van der Waals surface area contributed by atoms with Crippen LogP contribution in [0.3, 0.4) is 0 Å². The molecule has 0 saturated carbocycles. The highest BCUT2D eigenvalue weighted by molar-refractivity contribution is 5.81. The maximum atomic E-state index is 11.8. The van der Waals surface area contributed by atoms with E-state index in [0.717, 1.165) is 32.5 Å². The Hall–Kier alpha value is -0.610. The summed E-state index contributed by atoms with van der Waals surface area (Å²) in [6.45, 7) is 8.20. The molecule has 1 aliphatic heterocycles. The topological polar surface area (TPSA) is 44.4 Å². The van der Waals surface area contributed by atoms with Crippen LogP contribution < -0.4 is 10.6 Å². The molecule has 0 bridgehead atoms. The van der Waals surface area contributed by atoms with Crippen LogP contribution in [0.4, 0.5) is 0 Å². The fourth-order valence-corrected chi connectivity index (χ4v) is 2.42. The first-order valence-corrected chi connectivity index (χ1v) is 7.33.